The van der Waals surface area contributed by atoms with Crippen LogP contribution in [0.15, 0.2) is 18.3 Å². The first-order valence-corrected chi connectivity index (χ1v) is 7.39. The predicted octanol–water partition coefficient (Wildman–Crippen LogP) is 0.132. The summed E-state index contributed by atoms with van der Waals surface area (Å²) in [5.41, 5.74) is 0.468. The Bertz CT molecular complexity index is 495. The molecule has 0 atom stereocenters. The van der Waals surface area contributed by atoms with Gasteiger partial charge in [0.15, 0.2) is 0 Å². The fraction of sp³-hybridized carbons (Fsp3) is 0.533. The van der Waals surface area contributed by atoms with Crippen LogP contribution in [0.25, 0.3) is 0 Å². The van der Waals surface area contributed by atoms with Gasteiger partial charge in [0.1, 0.15) is 12.0 Å². The average molecular weight is 322 g/mol. The summed E-state index contributed by atoms with van der Waals surface area (Å²) in [6, 6.07) is 3.44. The van der Waals surface area contributed by atoms with Crippen molar-refractivity contribution in [2.24, 2.45) is 5.92 Å². The van der Waals surface area contributed by atoms with Gasteiger partial charge in [0.2, 0.25) is 0 Å². The zero-order valence-electron chi connectivity index (χ0n) is 14.0. The number of aromatic nitrogens is 1. The van der Waals surface area contributed by atoms with Crippen molar-refractivity contribution < 1.29 is 23.6 Å². The molecule has 1 heterocycles. The number of rotatable bonds is 10. The van der Waals surface area contributed by atoms with Crippen LogP contribution in [-0.4, -0.2) is 63.1 Å². The summed E-state index contributed by atoms with van der Waals surface area (Å²) in [7, 11) is 2.18. The number of pyridine rings is 1. The fourth-order valence-corrected chi connectivity index (χ4v) is 1.68. The molecule has 0 saturated carbocycles. The molecule has 0 amide bonds. The Kier molecular flexibility index (Phi) is 8.28. The lowest BCUT2D eigenvalue weighted by molar-refractivity contribution is -0.136. The maximum atomic E-state index is 11.8. The van der Waals surface area contributed by atoms with Crippen molar-refractivity contribution in [2.45, 2.75) is 13.8 Å². The van der Waals surface area contributed by atoms with Crippen LogP contribution >= 0.6 is 0 Å². The number of carbonyl (C=O) groups excluding carboxylic acids is 2. The Morgan fingerprint density at radius 3 is 2.70 bits per heavy atom. The van der Waals surface area contributed by atoms with Crippen molar-refractivity contribution in [2.75, 3.05) is 33.9 Å². The Balaban J connectivity index is 2.59. The molecule has 0 spiro atoms. The van der Waals surface area contributed by atoms with Crippen molar-refractivity contribution in [3.05, 3.63) is 18.3 Å². The Hall–Kier alpha value is -1.93. The van der Waals surface area contributed by atoms with E-state index in [2.05, 4.69) is 18.8 Å². The van der Waals surface area contributed by atoms with Gasteiger partial charge < -0.3 is 18.8 Å². The lowest BCUT2D eigenvalue weighted by Crippen LogP contribution is -2.42. The van der Waals surface area contributed by atoms with E-state index in [-0.39, 0.29) is 13.1 Å². The van der Waals surface area contributed by atoms with Crippen molar-refractivity contribution >= 4 is 25.0 Å². The van der Waals surface area contributed by atoms with Gasteiger partial charge >= 0.3 is 13.1 Å². The maximum absolute atomic E-state index is 11.8. The van der Waals surface area contributed by atoms with Crippen LogP contribution in [0, 0.1) is 5.92 Å². The molecule has 0 saturated heterocycles. The number of likely N-dealkylation sites (N-methyl/N-ethyl adjacent to an activating group) is 1. The number of carbonyl (C=O) groups is 2. The van der Waals surface area contributed by atoms with E-state index >= 15 is 0 Å². The van der Waals surface area contributed by atoms with Gasteiger partial charge in [0.25, 0.3) is 0 Å². The van der Waals surface area contributed by atoms with Crippen molar-refractivity contribution in [3.8, 4) is 5.75 Å². The third-order valence-corrected chi connectivity index (χ3v) is 2.82. The predicted molar refractivity (Wildman–Crippen MR) is 86.6 cm³/mol. The fourth-order valence-electron chi connectivity index (χ4n) is 1.68. The molecule has 7 nitrogen and oxygen atoms in total. The molecule has 0 aliphatic heterocycles. The number of aldehydes is 1. The lowest BCUT2D eigenvalue weighted by atomic mass is 9.84. The Morgan fingerprint density at radius 1 is 1.43 bits per heavy atom. The summed E-state index contributed by atoms with van der Waals surface area (Å²) in [6.45, 7) is 4.88. The van der Waals surface area contributed by atoms with Crippen molar-refractivity contribution in [1.29, 1.82) is 0 Å². The second-order valence-corrected chi connectivity index (χ2v) is 5.54. The summed E-state index contributed by atoms with van der Waals surface area (Å²) in [5, 5.41) is 0. The van der Waals surface area contributed by atoms with Gasteiger partial charge in [-0.25, -0.2) is 0 Å². The second-order valence-electron chi connectivity index (χ2n) is 5.54. The molecule has 0 unspecified atom stereocenters. The highest BCUT2D eigenvalue weighted by Gasteiger charge is 2.27. The third-order valence-electron chi connectivity index (χ3n) is 2.82. The highest BCUT2D eigenvalue weighted by Crippen LogP contribution is 2.08. The van der Waals surface area contributed by atoms with Crippen LogP contribution in [0.5, 0.6) is 5.75 Å². The molecule has 1 aromatic heterocycles. The standard InChI is InChI=1S/C15H23BN2O5/c1-12(2)11-22-13-5-6-14(17-9-13)16(21-4)23-15(20)10-18(3)7-8-19/h5-6,8-9,12H,7,10-11H2,1-4H3. The zero-order valence-corrected chi connectivity index (χ0v) is 14.0. The average Bonchev–Trinajstić information content (AvgIpc) is 2.51. The number of hydrogen-bond donors (Lipinski definition) is 0. The van der Waals surface area contributed by atoms with E-state index in [1.165, 1.54) is 7.11 Å². The molecule has 0 aromatic carbocycles. The highest BCUT2D eigenvalue weighted by atomic mass is 16.6. The molecular weight excluding hydrogens is 299 g/mol. The monoisotopic (exact) mass is 322 g/mol. The smallest absolute Gasteiger partial charge is 0.504 e. The lowest BCUT2D eigenvalue weighted by Gasteiger charge is -2.16. The minimum Gasteiger partial charge on any atom is -0.504 e. The van der Waals surface area contributed by atoms with Gasteiger partial charge in [-0.3, -0.25) is 14.7 Å². The molecule has 0 bridgehead atoms. The molecule has 1 rings (SSSR count). The van der Waals surface area contributed by atoms with Crippen LogP contribution in [0.1, 0.15) is 13.8 Å². The summed E-state index contributed by atoms with van der Waals surface area (Å²) >= 11 is 0. The summed E-state index contributed by atoms with van der Waals surface area (Å²) in [5.74, 6) is 0.572. The molecule has 0 aliphatic rings. The largest absolute Gasteiger partial charge is 0.584 e. The topological polar surface area (TPSA) is 78.0 Å². The first-order chi connectivity index (χ1) is 11.0. The molecule has 126 valence electrons. The SMILES string of the molecule is COB(OC(=O)CN(C)CC=O)c1ccc(OCC(C)C)cn1. The molecule has 0 radical (unpaired) electrons. The highest BCUT2D eigenvalue weighted by molar-refractivity contribution is 6.61. The second kappa shape index (κ2) is 9.96. The molecule has 1 aromatic rings. The minimum absolute atomic E-state index is 0.00577. The molecule has 23 heavy (non-hydrogen) atoms. The van der Waals surface area contributed by atoms with E-state index in [0.717, 1.165) is 6.29 Å². The van der Waals surface area contributed by atoms with Gasteiger partial charge in [-0.05, 0) is 25.1 Å². The summed E-state index contributed by atoms with van der Waals surface area (Å²) in [6.07, 6.45) is 2.29. The van der Waals surface area contributed by atoms with Crippen LogP contribution in [0.2, 0.25) is 0 Å². The first-order valence-electron chi connectivity index (χ1n) is 7.39. The van der Waals surface area contributed by atoms with Gasteiger partial charge in [0, 0.05) is 7.11 Å². The Morgan fingerprint density at radius 2 is 2.17 bits per heavy atom. The van der Waals surface area contributed by atoms with Crippen LogP contribution in [0.3, 0.4) is 0 Å². The molecule has 0 N–H and O–H groups in total. The van der Waals surface area contributed by atoms with Crippen LogP contribution < -0.4 is 10.3 Å². The molecular formula is C15H23BN2O5. The minimum atomic E-state index is -0.897. The molecule has 0 aliphatic carbocycles. The van der Waals surface area contributed by atoms with Gasteiger partial charge in [-0.1, -0.05) is 13.8 Å². The quantitative estimate of drug-likeness (QED) is 0.448. The molecule has 0 fully saturated rings. The maximum Gasteiger partial charge on any atom is 0.584 e. The summed E-state index contributed by atoms with van der Waals surface area (Å²) < 4.78 is 15.9. The normalized spacial score (nSPS) is 10.7. The number of nitrogens with zero attached hydrogens (tertiary/aromatic N) is 2. The Labute approximate surface area is 137 Å². The van der Waals surface area contributed by atoms with Gasteiger partial charge in [-0.2, -0.15) is 0 Å². The zero-order chi connectivity index (χ0) is 17.2. The summed E-state index contributed by atoms with van der Waals surface area (Å²) in [4.78, 5) is 27.9. The van der Waals surface area contributed by atoms with Gasteiger partial charge in [-0.15, -0.1) is 0 Å². The van der Waals surface area contributed by atoms with E-state index in [4.69, 9.17) is 14.0 Å². The van der Waals surface area contributed by atoms with E-state index in [1.807, 2.05) is 0 Å². The van der Waals surface area contributed by atoms with E-state index < -0.39 is 13.1 Å². The first kappa shape index (κ1) is 19.1. The van der Waals surface area contributed by atoms with Crippen molar-refractivity contribution in [3.63, 3.8) is 0 Å². The van der Waals surface area contributed by atoms with Crippen LogP contribution in [-0.2, 0) is 18.9 Å². The third kappa shape index (κ3) is 7.25. The number of ether oxygens (including phenoxy) is 1. The van der Waals surface area contributed by atoms with Gasteiger partial charge in [0.05, 0.1) is 31.5 Å². The van der Waals surface area contributed by atoms with Crippen LogP contribution in [0.4, 0.5) is 0 Å². The number of hydrogen-bond acceptors (Lipinski definition) is 7. The molecule has 8 heteroatoms. The van der Waals surface area contributed by atoms with E-state index in [0.29, 0.717) is 23.9 Å². The van der Waals surface area contributed by atoms with E-state index in [1.54, 1.807) is 30.3 Å². The van der Waals surface area contributed by atoms with Crippen molar-refractivity contribution in [1.82, 2.24) is 9.88 Å². The van der Waals surface area contributed by atoms with E-state index in [9.17, 15) is 9.59 Å².